The molecule has 0 spiro atoms. The van der Waals surface area contributed by atoms with Gasteiger partial charge in [0.2, 0.25) is 21.8 Å². The van der Waals surface area contributed by atoms with Crippen LogP contribution in [-0.2, 0) is 39.1 Å². The zero-order valence-electron chi connectivity index (χ0n) is 24.4. The Balaban J connectivity index is 1.37. The number of halogens is 1. The van der Waals surface area contributed by atoms with Crippen molar-refractivity contribution in [3.63, 3.8) is 0 Å². The number of carbonyl (C=O) groups is 2. The Morgan fingerprint density at radius 2 is 1.41 bits per heavy atom. The van der Waals surface area contributed by atoms with Gasteiger partial charge in [-0.15, -0.1) is 0 Å². The van der Waals surface area contributed by atoms with E-state index in [1.54, 1.807) is 35.2 Å². The lowest BCUT2D eigenvalue weighted by molar-refractivity contribution is -0.141. The molecule has 4 aromatic rings. The predicted molar refractivity (Wildman–Crippen MR) is 172 cm³/mol. The average molecular weight is 630 g/mol. The molecular formula is C35H36ClN3O4S. The van der Waals surface area contributed by atoms with Crippen LogP contribution < -0.4 is 5.32 Å². The number of sulfonamides is 1. The summed E-state index contributed by atoms with van der Waals surface area (Å²) < 4.78 is 27.4. The van der Waals surface area contributed by atoms with Crippen molar-refractivity contribution in [1.29, 1.82) is 0 Å². The molecule has 9 heteroatoms. The van der Waals surface area contributed by atoms with Gasteiger partial charge in [0, 0.05) is 37.6 Å². The lowest BCUT2D eigenvalue weighted by Crippen LogP contribution is -2.43. The second-order valence-corrected chi connectivity index (χ2v) is 13.2. The van der Waals surface area contributed by atoms with Crippen molar-refractivity contribution in [1.82, 2.24) is 14.5 Å². The third-order valence-corrected chi connectivity index (χ3v) is 10.1. The van der Waals surface area contributed by atoms with E-state index in [2.05, 4.69) is 5.32 Å². The fourth-order valence-corrected chi connectivity index (χ4v) is 7.15. The highest BCUT2D eigenvalue weighted by Crippen LogP contribution is 2.26. The smallest absolute Gasteiger partial charge is 0.247 e. The maximum atomic E-state index is 14.0. The minimum atomic E-state index is -3.51. The highest BCUT2D eigenvalue weighted by molar-refractivity contribution is 7.89. The van der Waals surface area contributed by atoms with Gasteiger partial charge in [0.25, 0.3) is 0 Å². The molecule has 44 heavy (non-hydrogen) atoms. The summed E-state index contributed by atoms with van der Waals surface area (Å²) in [6.45, 7) is 1.56. The molecule has 2 amide bonds. The van der Waals surface area contributed by atoms with E-state index >= 15 is 0 Å². The predicted octanol–water partition coefficient (Wildman–Crippen LogP) is 6.14. The number of rotatable bonds is 12. The largest absolute Gasteiger partial charge is 0.350 e. The number of nitrogens with one attached hydrogen (secondary N) is 1. The highest BCUT2D eigenvalue weighted by Gasteiger charge is 2.32. The molecule has 1 aliphatic heterocycles. The summed E-state index contributed by atoms with van der Waals surface area (Å²) >= 11 is 6.34. The molecular weight excluding hydrogens is 594 g/mol. The van der Waals surface area contributed by atoms with E-state index in [0.29, 0.717) is 30.1 Å². The number of carbonyl (C=O) groups excluding carboxylic acids is 2. The number of amides is 2. The number of hydrogen-bond acceptors (Lipinski definition) is 4. The second kappa shape index (κ2) is 14.7. The molecule has 7 nitrogen and oxygen atoms in total. The van der Waals surface area contributed by atoms with E-state index in [9.17, 15) is 18.0 Å². The second-order valence-electron chi connectivity index (χ2n) is 10.9. The van der Waals surface area contributed by atoms with Gasteiger partial charge in [0.1, 0.15) is 6.04 Å². The maximum absolute atomic E-state index is 14.0. The molecule has 1 heterocycles. The Morgan fingerprint density at radius 1 is 0.795 bits per heavy atom. The van der Waals surface area contributed by atoms with Crippen molar-refractivity contribution in [3.05, 3.63) is 136 Å². The first-order chi connectivity index (χ1) is 21.3. The fraction of sp³-hybridized carbons (Fsp3) is 0.257. The molecule has 0 aromatic heterocycles. The number of nitrogens with zero attached hydrogens (tertiary/aromatic N) is 2. The molecule has 1 unspecified atom stereocenters. The standard InChI is InChI=1S/C35H36ClN3O4S/c36-32-16-8-7-15-30(32)25-37-35(41)34(29-13-5-2-6-14-29)39(26-28-11-3-1-4-12-28)33(40)22-19-27-17-20-31(21-18-27)44(42,43)38-23-9-10-24-38/h1-8,11-18,20-21,34H,9-10,19,22-26H2,(H,37,41). The van der Waals surface area contributed by atoms with Gasteiger partial charge in [0.15, 0.2) is 0 Å². The Kier molecular flexibility index (Phi) is 10.5. The number of benzene rings is 4. The van der Waals surface area contributed by atoms with Crippen molar-refractivity contribution in [2.24, 2.45) is 0 Å². The summed E-state index contributed by atoms with van der Waals surface area (Å²) in [6.07, 6.45) is 2.30. The first-order valence-corrected chi connectivity index (χ1v) is 16.6. The first kappa shape index (κ1) is 31.4. The van der Waals surface area contributed by atoms with E-state index in [0.717, 1.165) is 29.5 Å². The van der Waals surface area contributed by atoms with Gasteiger partial charge in [-0.3, -0.25) is 9.59 Å². The van der Waals surface area contributed by atoms with Crippen LogP contribution in [0.2, 0.25) is 5.02 Å². The molecule has 1 atom stereocenters. The third kappa shape index (κ3) is 7.75. The Hall–Kier alpha value is -3.98. The maximum Gasteiger partial charge on any atom is 0.247 e. The summed E-state index contributed by atoms with van der Waals surface area (Å²) in [5, 5.41) is 3.55. The monoisotopic (exact) mass is 629 g/mol. The van der Waals surface area contributed by atoms with E-state index < -0.39 is 16.1 Å². The molecule has 1 saturated heterocycles. The van der Waals surface area contributed by atoms with Crippen LogP contribution in [0.5, 0.6) is 0 Å². The summed E-state index contributed by atoms with van der Waals surface area (Å²) in [6, 6.07) is 32.1. The Labute approximate surface area is 264 Å². The molecule has 5 rings (SSSR count). The van der Waals surface area contributed by atoms with Gasteiger partial charge in [-0.05, 0) is 59.7 Å². The summed E-state index contributed by atoms with van der Waals surface area (Å²) in [7, 11) is -3.51. The molecule has 0 bridgehead atoms. The summed E-state index contributed by atoms with van der Waals surface area (Å²) in [5.41, 5.74) is 3.23. The van der Waals surface area contributed by atoms with Crippen LogP contribution >= 0.6 is 11.6 Å². The van der Waals surface area contributed by atoms with E-state index in [4.69, 9.17) is 11.6 Å². The van der Waals surface area contributed by atoms with Crippen molar-refractivity contribution in [2.75, 3.05) is 13.1 Å². The van der Waals surface area contributed by atoms with Crippen LogP contribution in [0.25, 0.3) is 0 Å². The SMILES string of the molecule is O=C(NCc1ccccc1Cl)C(c1ccccc1)N(Cc1ccccc1)C(=O)CCc1ccc(S(=O)(=O)N2CCCC2)cc1. The van der Waals surface area contributed by atoms with Crippen LogP contribution in [0.4, 0.5) is 0 Å². The quantitative estimate of drug-likeness (QED) is 0.204. The zero-order valence-corrected chi connectivity index (χ0v) is 26.0. The Morgan fingerprint density at radius 3 is 2.07 bits per heavy atom. The van der Waals surface area contributed by atoms with Crippen molar-refractivity contribution in [2.45, 2.75) is 49.7 Å². The number of hydrogen-bond donors (Lipinski definition) is 1. The van der Waals surface area contributed by atoms with Crippen LogP contribution in [0.1, 0.15) is 47.6 Å². The molecule has 4 aromatic carbocycles. The van der Waals surface area contributed by atoms with Gasteiger partial charge in [-0.1, -0.05) is 103 Å². The molecule has 0 saturated carbocycles. The summed E-state index contributed by atoms with van der Waals surface area (Å²) in [4.78, 5) is 29.7. The van der Waals surface area contributed by atoms with Gasteiger partial charge >= 0.3 is 0 Å². The van der Waals surface area contributed by atoms with E-state index in [1.165, 1.54) is 4.31 Å². The van der Waals surface area contributed by atoms with Gasteiger partial charge in [-0.25, -0.2) is 8.42 Å². The van der Waals surface area contributed by atoms with Crippen LogP contribution in [0.3, 0.4) is 0 Å². The van der Waals surface area contributed by atoms with Gasteiger partial charge < -0.3 is 10.2 Å². The minimum Gasteiger partial charge on any atom is -0.350 e. The van der Waals surface area contributed by atoms with Crippen molar-refractivity contribution < 1.29 is 18.0 Å². The van der Waals surface area contributed by atoms with Crippen LogP contribution in [-0.4, -0.2) is 42.5 Å². The van der Waals surface area contributed by atoms with E-state index in [-0.39, 0.29) is 36.2 Å². The van der Waals surface area contributed by atoms with Gasteiger partial charge in [-0.2, -0.15) is 4.31 Å². The van der Waals surface area contributed by atoms with Crippen molar-refractivity contribution in [3.8, 4) is 0 Å². The van der Waals surface area contributed by atoms with Crippen molar-refractivity contribution >= 4 is 33.4 Å². The minimum absolute atomic E-state index is 0.145. The molecule has 1 aliphatic rings. The molecule has 1 fully saturated rings. The third-order valence-electron chi connectivity index (χ3n) is 7.86. The molecule has 1 N–H and O–H groups in total. The van der Waals surface area contributed by atoms with Crippen LogP contribution in [0.15, 0.2) is 114 Å². The summed E-state index contributed by atoms with van der Waals surface area (Å²) in [5.74, 6) is -0.499. The van der Waals surface area contributed by atoms with Gasteiger partial charge in [0.05, 0.1) is 4.90 Å². The molecule has 0 aliphatic carbocycles. The molecule has 228 valence electrons. The Bertz CT molecular complexity index is 1660. The average Bonchev–Trinajstić information content (AvgIpc) is 3.61. The zero-order chi connectivity index (χ0) is 30.9. The lowest BCUT2D eigenvalue weighted by Gasteiger charge is -2.32. The number of aryl methyl sites for hydroxylation is 1. The first-order valence-electron chi connectivity index (χ1n) is 14.8. The highest BCUT2D eigenvalue weighted by atomic mass is 35.5. The van der Waals surface area contributed by atoms with E-state index in [1.807, 2.05) is 78.9 Å². The normalized spacial score (nSPS) is 14.2. The lowest BCUT2D eigenvalue weighted by atomic mass is 10.0. The van der Waals surface area contributed by atoms with Crippen LogP contribution in [0, 0.1) is 0 Å². The molecule has 0 radical (unpaired) electrons. The topological polar surface area (TPSA) is 86.8 Å². The fourth-order valence-electron chi connectivity index (χ4n) is 5.43.